The van der Waals surface area contributed by atoms with Crippen LogP contribution in [0.1, 0.15) is 55.1 Å². The number of hydrogen-bond donors (Lipinski definition) is 2. The van der Waals surface area contributed by atoms with Gasteiger partial charge in [0.15, 0.2) is 0 Å². The van der Waals surface area contributed by atoms with Crippen LogP contribution in [-0.4, -0.2) is 59.9 Å². The molecule has 3 heterocycles. The monoisotopic (exact) mass is 545 g/mol. The fraction of sp³-hybridized carbons (Fsp3) is 0.250. The van der Waals surface area contributed by atoms with Crippen LogP contribution in [0, 0.1) is 0 Å². The number of carbonyl (C=O) groups is 3. The Hall–Kier alpha value is -4.51. The van der Waals surface area contributed by atoms with E-state index in [9.17, 15) is 14.4 Å². The van der Waals surface area contributed by atoms with E-state index in [4.69, 9.17) is 9.47 Å². The Balaban J connectivity index is 1.18. The third-order valence-electron chi connectivity index (χ3n) is 6.64. The highest BCUT2D eigenvalue weighted by atomic mass is 32.1. The number of thiazole rings is 1. The van der Waals surface area contributed by atoms with Crippen molar-refractivity contribution in [2.75, 3.05) is 27.3 Å². The number of fused-ring (bicyclic) bond motifs is 1. The fourth-order valence-electron chi connectivity index (χ4n) is 4.57. The first-order valence-corrected chi connectivity index (χ1v) is 13.3. The van der Waals surface area contributed by atoms with E-state index < -0.39 is 11.8 Å². The van der Waals surface area contributed by atoms with Gasteiger partial charge in [0, 0.05) is 35.8 Å². The molecule has 10 nitrogen and oxygen atoms in total. The van der Waals surface area contributed by atoms with E-state index in [0.717, 1.165) is 23.2 Å². The lowest BCUT2D eigenvalue weighted by Crippen LogP contribution is -2.42. The molecule has 0 aliphatic carbocycles. The lowest BCUT2D eigenvalue weighted by molar-refractivity contribution is 0.0706. The average molecular weight is 546 g/mol. The van der Waals surface area contributed by atoms with Gasteiger partial charge in [-0.25, -0.2) is 9.97 Å². The van der Waals surface area contributed by atoms with Gasteiger partial charge < -0.3 is 14.4 Å². The van der Waals surface area contributed by atoms with Gasteiger partial charge in [-0.2, -0.15) is 0 Å². The molecule has 0 spiro atoms. The van der Waals surface area contributed by atoms with Crippen molar-refractivity contribution in [2.45, 2.75) is 18.8 Å². The second-order valence-corrected chi connectivity index (χ2v) is 9.86. The Morgan fingerprint density at radius 1 is 0.872 bits per heavy atom. The Bertz CT molecular complexity index is 1530. The Morgan fingerprint density at radius 3 is 2.33 bits per heavy atom. The number of hydrogen-bond acceptors (Lipinski definition) is 8. The van der Waals surface area contributed by atoms with Crippen LogP contribution in [0.4, 0.5) is 0 Å². The van der Waals surface area contributed by atoms with Crippen LogP contribution >= 0.6 is 11.3 Å². The van der Waals surface area contributed by atoms with Crippen molar-refractivity contribution in [1.29, 1.82) is 0 Å². The maximum atomic E-state index is 13.2. The summed E-state index contributed by atoms with van der Waals surface area (Å²) in [5, 5.41) is 3.36. The van der Waals surface area contributed by atoms with Gasteiger partial charge in [-0.3, -0.25) is 25.2 Å². The van der Waals surface area contributed by atoms with Crippen LogP contribution < -0.4 is 20.3 Å². The van der Waals surface area contributed by atoms with Crippen molar-refractivity contribution in [3.8, 4) is 11.5 Å². The summed E-state index contributed by atoms with van der Waals surface area (Å²) in [4.78, 5) is 49.1. The van der Waals surface area contributed by atoms with E-state index >= 15 is 0 Å². The number of piperidine rings is 1. The van der Waals surface area contributed by atoms with Gasteiger partial charge in [0.25, 0.3) is 17.7 Å². The molecule has 0 atom stereocenters. The molecule has 0 saturated carbocycles. The number of methoxy groups -OCH3 is 2. The van der Waals surface area contributed by atoms with Crippen molar-refractivity contribution in [2.24, 2.45) is 0 Å². The maximum Gasteiger partial charge on any atom is 0.289 e. The molecule has 4 aromatic rings. The van der Waals surface area contributed by atoms with Crippen molar-refractivity contribution in [3.05, 3.63) is 81.9 Å². The van der Waals surface area contributed by atoms with Gasteiger partial charge in [-0.1, -0.05) is 24.3 Å². The number of amides is 3. The zero-order chi connectivity index (χ0) is 27.4. The van der Waals surface area contributed by atoms with E-state index in [2.05, 4.69) is 20.8 Å². The minimum Gasteiger partial charge on any atom is -0.496 e. The van der Waals surface area contributed by atoms with Crippen molar-refractivity contribution in [3.63, 3.8) is 0 Å². The lowest BCUT2D eigenvalue weighted by Gasteiger charge is -2.31. The molecule has 0 bridgehead atoms. The van der Waals surface area contributed by atoms with Gasteiger partial charge in [-0.15, -0.1) is 11.3 Å². The van der Waals surface area contributed by atoms with Crippen LogP contribution in [0.5, 0.6) is 11.5 Å². The predicted octanol–water partition coefficient (Wildman–Crippen LogP) is 3.80. The minimum absolute atomic E-state index is 0.128. The molecule has 1 aliphatic rings. The normalized spacial score (nSPS) is 13.6. The number of hydrazine groups is 1. The highest BCUT2D eigenvalue weighted by Gasteiger charge is 2.28. The molecule has 1 aliphatic heterocycles. The standard InChI is InChI=1S/C28H27N5O5S/c1-37-23-10-6-4-8-19(23)25(34)31-32-26(35)22-16-39-27(30-22)17-11-13-33(14-12-17)28(36)21-15-24(38-2)18-7-3-5-9-20(18)29-21/h3-10,15-17H,11-14H2,1-2H3,(H,31,34)(H,32,35). The molecule has 5 rings (SSSR count). The molecule has 39 heavy (non-hydrogen) atoms. The summed E-state index contributed by atoms with van der Waals surface area (Å²) >= 11 is 1.40. The SMILES string of the molecule is COc1ccccc1C(=O)NNC(=O)c1csc(C2CCN(C(=O)c3cc(OC)c4ccccc4n3)CC2)n1. The van der Waals surface area contributed by atoms with E-state index in [0.29, 0.717) is 41.4 Å². The molecule has 0 radical (unpaired) electrons. The molecule has 3 amide bonds. The third kappa shape index (κ3) is 5.53. The summed E-state index contributed by atoms with van der Waals surface area (Å²) in [5.41, 5.74) is 6.40. The quantitative estimate of drug-likeness (QED) is 0.353. The van der Waals surface area contributed by atoms with Gasteiger partial charge in [0.05, 0.1) is 30.3 Å². The van der Waals surface area contributed by atoms with Crippen LogP contribution in [-0.2, 0) is 0 Å². The number of aromatic nitrogens is 2. The smallest absolute Gasteiger partial charge is 0.289 e. The maximum absolute atomic E-state index is 13.2. The molecule has 2 aromatic carbocycles. The zero-order valence-corrected chi connectivity index (χ0v) is 22.3. The summed E-state index contributed by atoms with van der Waals surface area (Å²) < 4.78 is 10.7. The van der Waals surface area contributed by atoms with Crippen LogP contribution in [0.15, 0.2) is 60.0 Å². The largest absolute Gasteiger partial charge is 0.496 e. The first-order valence-electron chi connectivity index (χ1n) is 12.4. The average Bonchev–Trinajstić information content (AvgIpc) is 3.49. The summed E-state index contributed by atoms with van der Waals surface area (Å²) in [6.07, 6.45) is 1.44. The van der Waals surface area contributed by atoms with Gasteiger partial charge in [-0.05, 0) is 37.1 Å². The number of para-hydroxylation sites is 2. The number of carbonyl (C=O) groups excluding carboxylic acids is 3. The number of nitrogens with zero attached hydrogens (tertiary/aromatic N) is 3. The first kappa shape index (κ1) is 26.1. The van der Waals surface area contributed by atoms with E-state index in [1.54, 1.807) is 47.7 Å². The first-order chi connectivity index (χ1) is 19.0. The predicted molar refractivity (Wildman–Crippen MR) is 146 cm³/mol. The number of likely N-dealkylation sites (tertiary alicyclic amines) is 1. The zero-order valence-electron chi connectivity index (χ0n) is 21.5. The Labute approximate surface area is 228 Å². The molecule has 200 valence electrons. The van der Waals surface area contributed by atoms with Crippen LogP contribution in [0.3, 0.4) is 0 Å². The number of pyridine rings is 1. The molecular formula is C28H27N5O5S. The van der Waals surface area contributed by atoms with Gasteiger partial charge in [0.2, 0.25) is 0 Å². The lowest BCUT2D eigenvalue weighted by atomic mass is 9.97. The molecule has 1 saturated heterocycles. The van der Waals surface area contributed by atoms with E-state index in [-0.39, 0.29) is 17.5 Å². The van der Waals surface area contributed by atoms with Crippen molar-refractivity contribution < 1.29 is 23.9 Å². The molecule has 2 aromatic heterocycles. The molecule has 11 heteroatoms. The Morgan fingerprint density at radius 2 is 1.56 bits per heavy atom. The topological polar surface area (TPSA) is 123 Å². The number of nitrogens with one attached hydrogen (secondary N) is 2. The second kappa shape index (κ2) is 11.5. The molecule has 0 unspecified atom stereocenters. The molecule has 1 fully saturated rings. The highest BCUT2D eigenvalue weighted by Crippen LogP contribution is 2.32. The van der Waals surface area contributed by atoms with E-state index in [1.165, 1.54) is 18.4 Å². The summed E-state index contributed by atoms with van der Waals surface area (Å²) in [6.45, 7) is 1.10. The summed E-state index contributed by atoms with van der Waals surface area (Å²) in [7, 11) is 3.05. The number of benzene rings is 2. The molecular weight excluding hydrogens is 518 g/mol. The molecule has 2 N–H and O–H groups in total. The Kier molecular flexibility index (Phi) is 7.69. The highest BCUT2D eigenvalue weighted by molar-refractivity contribution is 7.09. The third-order valence-corrected chi connectivity index (χ3v) is 7.65. The summed E-state index contributed by atoms with van der Waals surface area (Å²) in [6, 6.07) is 16.0. The number of rotatable bonds is 6. The fourth-order valence-corrected chi connectivity index (χ4v) is 5.54. The summed E-state index contributed by atoms with van der Waals surface area (Å²) in [5.74, 6) is 0.00828. The van der Waals surface area contributed by atoms with Crippen molar-refractivity contribution in [1.82, 2.24) is 25.7 Å². The van der Waals surface area contributed by atoms with Gasteiger partial charge in [0.1, 0.15) is 22.9 Å². The second-order valence-electron chi connectivity index (χ2n) is 8.97. The van der Waals surface area contributed by atoms with Gasteiger partial charge >= 0.3 is 0 Å². The number of ether oxygens (including phenoxy) is 2. The van der Waals surface area contributed by atoms with Crippen LogP contribution in [0.2, 0.25) is 0 Å². The van der Waals surface area contributed by atoms with E-state index in [1.807, 2.05) is 24.3 Å². The van der Waals surface area contributed by atoms with Crippen molar-refractivity contribution >= 4 is 40.0 Å². The van der Waals surface area contributed by atoms with Crippen LogP contribution in [0.25, 0.3) is 10.9 Å². The minimum atomic E-state index is -0.510.